The van der Waals surface area contributed by atoms with Gasteiger partial charge in [-0.2, -0.15) is 5.10 Å². The molecule has 2 rings (SSSR count). The van der Waals surface area contributed by atoms with Crippen LogP contribution in [0.4, 0.5) is 4.79 Å². The van der Waals surface area contributed by atoms with Crippen molar-refractivity contribution in [1.82, 2.24) is 20.4 Å². The minimum absolute atomic E-state index is 0.00140. The van der Waals surface area contributed by atoms with Gasteiger partial charge < -0.3 is 10.2 Å². The van der Waals surface area contributed by atoms with Gasteiger partial charge in [0.25, 0.3) is 0 Å². The second-order valence-electron chi connectivity index (χ2n) is 4.90. The van der Waals surface area contributed by atoms with Gasteiger partial charge >= 0.3 is 6.03 Å². The SMILES string of the molecule is CC1CCCN(C(=O)NC(C)c2cn[nH]c2)C1. The van der Waals surface area contributed by atoms with Crippen molar-refractivity contribution in [2.45, 2.75) is 32.7 Å². The quantitative estimate of drug-likeness (QED) is 0.824. The van der Waals surface area contributed by atoms with E-state index in [1.165, 1.54) is 6.42 Å². The molecule has 2 N–H and O–H groups in total. The Hall–Kier alpha value is -1.52. The number of H-pyrrole nitrogens is 1. The third-order valence-corrected chi connectivity index (χ3v) is 3.30. The number of aromatic nitrogens is 2. The maximum absolute atomic E-state index is 12.0. The number of piperidine rings is 1. The third kappa shape index (κ3) is 2.99. The molecule has 1 aliphatic rings. The van der Waals surface area contributed by atoms with Crippen LogP contribution in [-0.4, -0.2) is 34.2 Å². The Labute approximate surface area is 102 Å². The highest BCUT2D eigenvalue weighted by Gasteiger charge is 2.22. The zero-order valence-electron chi connectivity index (χ0n) is 10.4. The van der Waals surface area contributed by atoms with Crippen LogP contribution < -0.4 is 5.32 Å². The third-order valence-electron chi connectivity index (χ3n) is 3.30. The van der Waals surface area contributed by atoms with Crippen LogP contribution in [0.3, 0.4) is 0 Å². The maximum Gasteiger partial charge on any atom is 0.317 e. The lowest BCUT2D eigenvalue weighted by atomic mass is 10.0. The smallest absolute Gasteiger partial charge is 0.317 e. The summed E-state index contributed by atoms with van der Waals surface area (Å²) in [4.78, 5) is 13.9. The number of carbonyl (C=O) groups excluding carboxylic acids is 1. The van der Waals surface area contributed by atoms with Gasteiger partial charge in [-0.1, -0.05) is 6.92 Å². The van der Waals surface area contributed by atoms with Gasteiger partial charge in [-0.15, -0.1) is 0 Å². The number of hydrogen-bond acceptors (Lipinski definition) is 2. The fourth-order valence-electron chi connectivity index (χ4n) is 2.23. The Kier molecular flexibility index (Phi) is 3.66. The van der Waals surface area contributed by atoms with E-state index in [0.29, 0.717) is 5.92 Å². The van der Waals surface area contributed by atoms with Gasteiger partial charge in [0.15, 0.2) is 0 Å². The summed E-state index contributed by atoms with van der Waals surface area (Å²) < 4.78 is 0. The van der Waals surface area contributed by atoms with Gasteiger partial charge in [0.2, 0.25) is 0 Å². The molecule has 0 spiro atoms. The van der Waals surface area contributed by atoms with Crippen LogP contribution in [0, 0.1) is 5.92 Å². The Morgan fingerprint density at radius 1 is 1.71 bits per heavy atom. The molecule has 2 heterocycles. The molecule has 0 saturated carbocycles. The van der Waals surface area contributed by atoms with E-state index in [-0.39, 0.29) is 12.1 Å². The summed E-state index contributed by atoms with van der Waals surface area (Å²) in [6.45, 7) is 5.90. The van der Waals surface area contributed by atoms with Crippen molar-refractivity contribution >= 4 is 6.03 Å². The van der Waals surface area contributed by atoms with E-state index < -0.39 is 0 Å². The predicted molar refractivity (Wildman–Crippen MR) is 65.5 cm³/mol. The molecule has 0 bridgehead atoms. The molecule has 1 aliphatic heterocycles. The lowest BCUT2D eigenvalue weighted by Gasteiger charge is -2.31. The Balaban J connectivity index is 1.88. The zero-order chi connectivity index (χ0) is 12.3. The summed E-state index contributed by atoms with van der Waals surface area (Å²) in [6, 6.07) is 0.0312. The molecule has 94 valence electrons. The van der Waals surface area contributed by atoms with Crippen molar-refractivity contribution < 1.29 is 4.79 Å². The van der Waals surface area contributed by atoms with Crippen LogP contribution in [0.15, 0.2) is 12.4 Å². The minimum atomic E-state index is -0.00140. The van der Waals surface area contributed by atoms with E-state index in [9.17, 15) is 4.79 Å². The number of rotatable bonds is 2. The van der Waals surface area contributed by atoms with E-state index in [1.54, 1.807) is 6.20 Å². The first-order valence-corrected chi connectivity index (χ1v) is 6.21. The van der Waals surface area contributed by atoms with Crippen LogP contribution in [0.1, 0.15) is 38.3 Å². The molecule has 0 radical (unpaired) electrons. The molecule has 1 saturated heterocycles. The summed E-state index contributed by atoms with van der Waals surface area (Å²) in [6.07, 6.45) is 5.88. The molecule has 2 amide bonds. The number of nitrogens with zero attached hydrogens (tertiary/aromatic N) is 2. The number of hydrogen-bond donors (Lipinski definition) is 2. The molecule has 1 aromatic heterocycles. The van der Waals surface area contributed by atoms with Gasteiger partial charge in [-0.05, 0) is 25.7 Å². The van der Waals surface area contributed by atoms with E-state index >= 15 is 0 Å². The standard InChI is InChI=1S/C12H20N4O/c1-9-4-3-5-16(8-9)12(17)15-10(2)11-6-13-14-7-11/h6-7,9-10H,3-5,8H2,1-2H3,(H,13,14)(H,15,17). The summed E-state index contributed by atoms with van der Waals surface area (Å²) >= 11 is 0. The molecule has 2 atom stereocenters. The average molecular weight is 236 g/mol. The van der Waals surface area contributed by atoms with Crippen LogP contribution in [0.25, 0.3) is 0 Å². The van der Waals surface area contributed by atoms with Gasteiger partial charge in [0.05, 0.1) is 12.2 Å². The summed E-state index contributed by atoms with van der Waals surface area (Å²) in [5.41, 5.74) is 1.00. The molecule has 17 heavy (non-hydrogen) atoms. The van der Waals surface area contributed by atoms with Crippen molar-refractivity contribution in [3.8, 4) is 0 Å². The zero-order valence-corrected chi connectivity index (χ0v) is 10.4. The number of urea groups is 1. The Morgan fingerprint density at radius 3 is 3.18 bits per heavy atom. The number of amides is 2. The summed E-state index contributed by atoms with van der Waals surface area (Å²) in [5.74, 6) is 0.610. The first-order chi connectivity index (χ1) is 8.16. The lowest BCUT2D eigenvalue weighted by molar-refractivity contribution is 0.167. The molecule has 0 aromatic carbocycles. The van der Waals surface area contributed by atoms with Gasteiger partial charge in [0, 0.05) is 24.8 Å². The van der Waals surface area contributed by atoms with E-state index in [2.05, 4.69) is 22.4 Å². The molecule has 5 heteroatoms. The van der Waals surface area contributed by atoms with Crippen LogP contribution in [0.2, 0.25) is 0 Å². The first kappa shape index (κ1) is 12.0. The van der Waals surface area contributed by atoms with E-state index in [1.807, 2.05) is 18.0 Å². The fourth-order valence-corrected chi connectivity index (χ4v) is 2.23. The second kappa shape index (κ2) is 5.21. The van der Waals surface area contributed by atoms with Gasteiger partial charge in [0.1, 0.15) is 0 Å². The number of nitrogens with one attached hydrogen (secondary N) is 2. The number of likely N-dealkylation sites (tertiary alicyclic amines) is 1. The topological polar surface area (TPSA) is 61.0 Å². The second-order valence-corrected chi connectivity index (χ2v) is 4.90. The lowest BCUT2D eigenvalue weighted by Crippen LogP contribution is -2.45. The molecular formula is C12H20N4O. The summed E-state index contributed by atoms with van der Waals surface area (Å²) in [5, 5.41) is 9.64. The molecule has 1 aromatic rings. The van der Waals surface area contributed by atoms with Crippen molar-refractivity contribution in [1.29, 1.82) is 0 Å². The number of aromatic amines is 1. The highest BCUT2D eigenvalue weighted by Crippen LogP contribution is 2.16. The van der Waals surface area contributed by atoms with E-state index in [0.717, 1.165) is 25.1 Å². The predicted octanol–water partition coefficient (Wildman–Crippen LogP) is 1.91. The Morgan fingerprint density at radius 2 is 2.53 bits per heavy atom. The van der Waals surface area contributed by atoms with Crippen molar-refractivity contribution in [3.05, 3.63) is 18.0 Å². The van der Waals surface area contributed by atoms with Crippen molar-refractivity contribution in [2.75, 3.05) is 13.1 Å². The highest BCUT2D eigenvalue weighted by molar-refractivity contribution is 5.74. The monoisotopic (exact) mass is 236 g/mol. The normalized spacial score (nSPS) is 22.2. The van der Waals surface area contributed by atoms with Crippen LogP contribution in [0.5, 0.6) is 0 Å². The van der Waals surface area contributed by atoms with Crippen molar-refractivity contribution in [2.24, 2.45) is 5.92 Å². The first-order valence-electron chi connectivity index (χ1n) is 6.21. The molecule has 2 unspecified atom stereocenters. The molecule has 0 aliphatic carbocycles. The largest absolute Gasteiger partial charge is 0.331 e. The van der Waals surface area contributed by atoms with Gasteiger partial charge in [-0.25, -0.2) is 4.79 Å². The Bertz CT molecular complexity index is 363. The highest BCUT2D eigenvalue weighted by atomic mass is 16.2. The van der Waals surface area contributed by atoms with Crippen LogP contribution in [-0.2, 0) is 0 Å². The fraction of sp³-hybridized carbons (Fsp3) is 0.667. The molecule has 5 nitrogen and oxygen atoms in total. The molecular weight excluding hydrogens is 216 g/mol. The minimum Gasteiger partial charge on any atom is -0.331 e. The summed E-state index contributed by atoms with van der Waals surface area (Å²) in [7, 11) is 0. The molecule has 1 fully saturated rings. The number of carbonyl (C=O) groups is 1. The van der Waals surface area contributed by atoms with Gasteiger partial charge in [-0.3, -0.25) is 5.10 Å². The van der Waals surface area contributed by atoms with E-state index in [4.69, 9.17) is 0 Å². The average Bonchev–Trinajstić information content (AvgIpc) is 2.82. The maximum atomic E-state index is 12.0. The van der Waals surface area contributed by atoms with Crippen LogP contribution >= 0.6 is 0 Å². The van der Waals surface area contributed by atoms with Crippen molar-refractivity contribution in [3.63, 3.8) is 0 Å².